The van der Waals surface area contributed by atoms with E-state index >= 15 is 0 Å². The van der Waals surface area contributed by atoms with Gasteiger partial charge in [0.15, 0.2) is 0 Å². The fraction of sp³-hybridized carbons (Fsp3) is 0.944. The Kier molecular flexibility index (Phi) is 6.46. The zero-order valence-electron chi connectivity index (χ0n) is 16.2. The number of nitrogens with one attached hydrogen (secondary N) is 3. The average molecular weight is 383 g/mol. The molecule has 0 aliphatic carbocycles. The van der Waals surface area contributed by atoms with E-state index in [9.17, 15) is 4.79 Å². The predicted octanol–water partition coefficient (Wildman–Crippen LogP) is -0.101. The van der Waals surface area contributed by atoms with Crippen molar-refractivity contribution in [1.29, 1.82) is 0 Å². The van der Waals surface area contributed by atoms with Gasteiger partial charge in [-0.1, -0.05) is 0 Å². The van der Waals surface area contributed by atoms with Crippen molar-refractivity contribution in [2.75, 3.05) is 53.0 Å². The fourth-order valence-electron chi connectivity index (χ4n) is 4.77. The highest BCUT2D eigenvalue weighted by atomic mass is 16.7. The van der Waals surface area contributed by atoms with E-state index in [-0.39, 0.29) is 18.5 Å². The molecule has 0 aromatic heterocycles. The van der Waals surface area contributed by atoms with Crippen LogP contribution < -0.4 is 16.1 Å². The Bertz CT molecular complexity index is 496. The lowest BCUT2D eigenvalue weighted by Crippen LogP contribution is -2.56. The number of likely N-dealkylation sites (tertiary alicyclic amines) is 1. The molecule has 4 unspecified atom stereocenters. The topological polar surface area (TPSA) is 87.3 Å². The highest BCUT2D eigenvalue weighted by Crippen LogP contribution is 2.28. The number of piperidine rings is 2. The summed E-state index contributed by atoms with van der Waals surface area (Å²) in [6.45, 7) is 6.18. The number of nitrogens with zero attached hydrogens (tertiary/aromatic N) is 2. The van der Waals surface area contributed by atoms with Gasteiger partial charge in [-0.25, -0.2) is 4.79 Å². The number of hydroxylamine groups is 1. The quantitative estimate of drug-likeness (QED) is 0.623. The second-order valence-corrected chi connectivity index (χ2v) is 8.00. The fourth-order valence-corrected chi connectivity index (χ4v) is 4.77. The molecule has 4 heterocycles. The number of hydrogen-bond acceptors (Lipinski definition) is 8. The van der Waals surface area contributed by atoms with Gasteiger partial charge in [-0.3, -0.25) is 15.1 Å². The molecule has 154 valence electrons. The number of methoxy groups -OCH3 is 1. The Balaban J connectivity index is 1.25. The van der Waals surface area contributed by atoms with Crippen LogP contribution in [0.25, 0.3) is 0 Å². The molecule has 0 bridgehead atoms. The Morgan fingerprint density at radius 2 is 1.85 bits per heavy atom. The highest BCUT2D eigenvalue weighted by molar-refractivity contribution is 5.67. The molecule has 4 saturated heterocycles. The van der Waals surface area contributed by atoms with Crippen LogP contribution in [-0.2, 0) is 14.3 Å². The summed E-state index contributed by atoms with van der Waals surface area (Å²) in [6.07, 6.45) is 4.53. The number of hydrogen-bond donors (Lipinski definition) is 3. The maximum Gasteiger partial charge on any atom is 0.409 e. The van der Waals surface area contributed by atoms with E-state index in [2.05, 4.69) is 21.0 Å². The first kappa shape index (κ1) is 19.4. The van der Waals surface area contributed by atoms with Crippen LogP contribution in [0.1, 0.15) is 25.7 Å². The van der Waals surface area contributed by atoms with Gasteiger partial charge in [-0.15, -0.1) is 0 Å². The number of morpholine rings is 1. The molecule has 4 aliphatic heterocycles. The predicted molar refractivity (Wildman–Crippen MR) is 98.5 cm³/mol. The second kappa shape index (κ2) is 9.02. The van der Waals surface area contributed by atoms with Crippen molar-refractivity contribution in [3.63, 3.8) is 0 Å². The van der Waals surface area contributed by atoms with Crippen LogP contribution in [0, 0.1) is 11.8 Å². The Morgan fingerprint density at radius 3 is 2.59 bits per heavy atom. The molecule has 0 saturated carbocycles. The molecule has 4 aliphatic rings. The van der Waals surface area contributed by atoms with Gasteiger partial charge in [0, 0.05) is 32.1 Å². The summed E-state index contributed by atoms with van der Waals surface area (Å²) in [5.41, 5.74) is 3.23. The normalized spacial score (nSPS) is 36.7. The van der Waals surface area contributed by atoms with Gasteiger partial charge in [-0.05, 0) is 38.1 Å². The third-order valence-corrected chi connectivity index (χ3v) is 6.45. The minimum Gasteiger partial charge on any atom is -0.453 e. The molecule has 1 amide bonds. The van der Waals surface area contributed by atoms with Gasteiger partial charge >= 0.3 is 6.09 Å². The molecule has 4 rings (SSSR count). The Morgan fingerprint density at radius 1 is 1.07 bits per heavy atom. The number of ether oxygens (including phenoxy) is 2. The molecule has 0 aromatic rings. The lowest BCUT2D eigenvalue weighted by atomic mass is 9.91. The van der Waals surface area contributed by atoms with Crippen molar-refractivity contribution in [3.05, 3.63) is 0 Å². The van der Waals surface area contributed by atoms with Crippen LogP contribution >= 0.6 is 0 Å². The van der Waals surface area contributed by atoms with Crippen molar-refractivity contribution in [1.82, 2.24) is 25.9 Å². The summed E-state index contributed by atoms with van der Waals surface area (Å²) >= 11 is 0. The van der Waals surface area contributed by atoms with Crippen molar-refractivity contribution in [3.8, 4) is 0 Å². The minimum absolute atomic E-state index is 0.0549. The maximum absolute atomic E-state index is 11.6. The Labute approximate surface area is 161 Å². The van der Waals surface area contributed by atoms with E-state index in [4.69, 9.17) is 14.3 Å². The molecule has 9 heteroatoms. The molecule has 9 nitrogen and oxygen atoms in total. The van der Waals surface area contributed by atoms with Crippen molar-refractivity contribution < 1.29 is 19.1 Å². The van der Waals surface area contributed by atoms with Crippen LogP contribution in [0.2, 0.25) is 0 Å². The van der Waals surface area contributed by atoms with Crippen molar-refractivity contribution >= 4 is 6.09 Å². The lowest BCUT2D eigenvalue weighted by molar-refractivity contribution is -0.0478. The summed E-state index contributed by atoms with van der Waals surface area (Å²) in [6, 6.07) is 0. The summed E-state index contributed by atoms with van der Waals surface area (Å²) in [4.78, 5) is 21.9. The molecule has 3 N–H and O–H groups in total. The molecule has 0 spiro atoms. The SMILES string of the molecule is COC(=O)N1CCC(C2NOC(C3CCNC(N4CCOCC4)C3)N2)CC1. The minimum atomic E-state index is -0.223. The smallest absolute Gasteiger partial charge is 0.409 e. The van der Waals surface area contributed by atoms with E-state index in [1.807, 2.05) is 0 Å². The van der Waals surface area contributed by atoms with E-state index < -0.39 is 0 Å². The van der Waals surface area contributed by atoms with Gasteiger partial charge in [-0.2, -0.15) is 5.48 Å². The zero-order valence-corrected chi connectivity index (χ0v) is 16.2. The first-order chi connectivity index (χ1) is 13.2. The van der Waals surface area contributed by atoms with Crippen LogP contribution in [0.5, 0.6) is 0 Å². The summed E-state index contributed by atoms with van der Waals surface area (Å²) in [5, 5.41) is 7.33. The van der Waals surface area contributed by atoms with E-state index in [1.54, 1.807) is 4.90 Å². The molecule has 27 heavy (non-hydrogen) atoms. The largest absolute Gasteiger partial charge is 0.453 e. The van der Waals surface area contributed by atoms with Gasteiger partial charge in [0.05, 0.1) is 32.7 Å². The van der Waals surface area contributed by atoms with E-state index in [0.717, 1.165) is 71.6 Å². The van der Waals surface area contributed by atoms with Crippen molar-refractivity contribution in [2.45, 2.75) is 44.2 Å². The van der Waals surface area contributed by atoms with Gasteiger partial charge in [0.25, 0.3) is 0 Å². The van der Waals surface area contributed by atoms with Crippen LogP contribution in [0.4, 0.5) is 4.79 Å². The summed E-state index contributed by atoms with van der Waals surface area (Å²) in [5.74, 6) is 0.958. The molecular formula is C18H33N5O4. The highest BCUT2D eigenvalue weighted by Gasteiger charge is 2.39. The second-order valence-electron chi connectivity index (χ2n) is 8.00. The summed E-state index contributed by atoms with van der Waals surface area (Å²) < 4.78 is 10.3. The van der Waals surface area contributed by atoms with Gasteiger partial charge in [0.1, 0.15) is 6.23 Å². The van der Waals surface area contributed by atoms with Gasteiger partial charge in [0.2, 0.25) is 0 Å². The standard InChI is InChI=1S/C18H33N5O4/c1-25-18(24)23-6-3-13(4-7-23)16-20-17(27-21-16)14-2-5-19-15(12-14)22-8-10-26-11-9-22/h13-17,19-21H,2-12H2,1H3. The number of rotatable bonds is 3. The monoisotopic (exact) mass is 383 g/mol. The maximum atomic E-state index is 11.6. The average Bonchev–Trinajstić information content (AvgIpc) is 3.24. The molecule has 0 aromatic carbocycles. The zero-order chi connectivity index (χ0) is 18.6. The summed E-state index contributed by atoms with van der Waals surface area (Å²) in [7, 11) is 1.44. The van der Waals surface area contributed by atoms with Crippen molar-refractivity contribution in [2.24, 2.45) is 11.8 Å². The third-order valence-electron chi connectivity index (χ3n) is 6.45. The van der Waals surface area contributed by atoms with E-state index in [0.29, 0.717) is 18.0 Å². The van der Waals surface area contributed by atoms with Crippen LogP contribution in [0.3, 0.4) is 0 Å². The van der Waals surface area contributed by atoms with Crippen LogP contribution in [0.15, 0.2) is 0 Å². The lowest BCUT2D eigenvalue weighted by Gasteiger charge is -2.41. The molecule has 0 radical (unpaired) electrons. The number of carbonyl (C=O) groups excluding carboxylic acids is 1. The molecule has 4 atom stereocenters. The molecule has 4 fully saturated rings. The first-order valence-electron chi connectivity index (χ1n) is 10.3. The van der Waals surface area contributed by atoms with E-state index in [1.165, 1.54) is 7.11 Å². The third kappa shape index (κ3) is 4.55. The number of carbonyl (C=O) groups is 1. The first-order valence-corrected chi connectivity index (χ1v) is 10.3. The van der Waals surface area contributed by atoms with Crippen LogP contribution in [-0.4, -0.2) is 87.5 Å². The molecular weight excluding hydrogens is 350 g/mol. The number of amides is 1. The van der Waals surface area contributed by atoms with Gasteiger partial charge < -0.3 is 19.7 Å². The Hall–Kier alpha value is -0.970.